The first-order chi connectivity index (χ1) is 9.09. The lowest BCUT2D eigenvalue weighted by Crippen LogP contribution is -2.34. The van der Waals surface area contributed by atoms with Gasteiger partial charge in [-0.3, -0.25) is 9.59 Å². The van der Waals surface area contributed by atoms with Crippen molar-refractivity contribution in [3.05, 3.63) is 23.9 Å². The molecule has 0 atom stereocenters. The normalized spacial score (nSPS) is 16.1. The fourth-order valence-corrected chi connectivity index (χ4v) is 2.37. The smallest absolute Gasteiger partial charge is 0.219 e. The van der Waals surface area contributed by atoms with E-state index in [1.165, 1.54) is 0 Å². The maximum Gasteiger partial charge on any atom is 0.219 e. The lowest BCUT2D eigenvalue weighted by molar-refractivity contribution is -0.128. The summed E-state index contributed by atoms with van der Waals surface area (Å²) in [5.41, 5.74) is 0.652. The summed E-state index contributed by atoms with van der Waals surface area (Å²) in [7, 11) is 0. The Morgan fingerprint density at radius 3 is 2.63 bits per heavy atom. The maximum absolute atomic E-state index is 11.6. The van der Waals surface area contributed by atoms with E-state index in [1.807, 2.05) is 4.90 Å². The van der Waals surface area contributed by atoms with Gasteiger partial charge in [0.05, 0.1) is 5.56 Å². The summed E-state index contributed by atoms with van der Waals surface area (Å²) < 4.78 is 0. The van der Waals surface area contributed by atoms with Crippen LogP contribution in [0.3, 0.4) is 0 Å². The molecule has 0 radical (unpaired) electrons. The van der Waals surface area contributed by atoms with Crippen LogP contribution >= 0.6 is 0 Å². The molecule has 2 heterocycles. The van der Waals surface area contributed by atoms with Gasteiger partial charge in [0.15, 0.2) is 5.78 Å². The van der Waals surface area contributed by atoms with Gasteiger partial charge in [0.1, 0.15) is 5.82 Å². The zero-order valence-corrected chi connectivity index (χ0v) is 11.4. The third-order valence-electron chi connectivity index (χ3n) is 3.41. The van der Waals surface area contributed by atoms with Crippen LogP contribution in [-0.4, -0.2) is 47.8 Å². The first kappa shape index (κ1) is 13.5. The second kappa shape index (κ2) is 5.82. The van der Waals surface area contributed by atoms with Crippen molar-refractivity contribution in [1.82, 2.24) is 9.88 Å². The van der Waals surface area contributed by atoms with E-state index in [4.69, 9.17) is 0 Å². The summed E-state index contributed by atoms with van der Waals surface area (Å²) in [6, 6.07) is 3.58. The molecule has 0 aliphatic carbocycles. The highest BCUT2D eigenvalue weighted by molar-refractivity contribution is 5.98. The predicted octanol–water partition coefficient (Wildman–Crippen LogP) is 1.34. The fraction of sp³-hybridized carbons (Fsp3) is 0.500. The van der Waals surface area contributed by atoms with Gasteiger partial charge in [-0.25, -0.2) is 4.98 Å². The zero-order valence-electron chi connectivity index (χ0n) is 11.4. The molecule has 0 bridgehead atoms. The topological polar surface area (TPSA) is 53.5 Å². The first-order valence-corrected chi connectivity index (χ1v) is 6.56. The van der Waals surface area contributed by atoms with Crippen molar-refractivity contribution in [2.75, 3.05) is 31.1 Å². The van der Waals surface area contributed by atoms with Crippen molar-refractivity contribution in [3.63, 3.8) is 0 Å². The van der Waals surface area contributed by atoms with Gasteiger partial charge in [0.2, 0.25) is 5.91 Å². The van der Waals surface area contributed by atoms with Gasteiger partial charge < -0.3 is 9.80 Å². The van der Waals surface area contributed by atoms with E-state index in [0.717, 1.165) is 31.9 Å². The number of amides is 1. The van der Waals surface area contributed by atoms with Gasteiger partial charge in [-0.15, -0.1) is 0 Å². The van der Waals surface area contributed by atoms with Crippen LogP contribution in [0.2, 0.25) is 0 Å². The monoisotopic (exact) mass is 261 g/mol. The molecular weight excluding hydrogens is 242 g/mol. The number of ketones is 1. The molecule has 0 N–H and O–H groups in total. The number of rotatable bonds is 2. The molecule has 19 heavy (non-hydrogen) atoms. The average Bonchev–Trinajstić information content (AvgIpc) is 2.64. The number of nitrogens with zero attached hydrogens (tertiary/aromatic N) is 3. The Hall–Kier alpha value is -1.91. The minimum atomic E-state index is 0.0239. The highest BCUT2D eigenvalue weighted by Crippen LogP contribution is 2.19. The molecule has 1 fully saturated rings. The van der Waals surface area contributed by atoms with E-state index in [1.54, 1.807) is 32.2 Å². The SMILES string of the molecule is CC(=O)c1cccnc1N1CCCN(C(C)=O)CC1. The summed E-state index contributed by atoms with van der Waals surface area (Å²) in [4.78, 5) is 31.3. The van der Waals surface area contributed by atoms with Crippen molar-refractivity contribution in [1.29, 1.82) is 0 Å². The van der Waals surface area contributed by atoms with Gasteiger partial charge in [-0.2, -0.15) is 0 Å². The van der Waals surface area contributed by atoms with Gasteiger partial charge in [0.25, 0.3) is 0 Å². The Morgan fingerprint density at radius 2 is 1.95 bits per heavy atom. The molecule has 1 amide bonds. The summed E-state index contributed by atoms with van der Waals surface area (Å²) in [5, 5.41) is 0. The Kier molecular flexibility index (Phi) is 4.14. The van der Waals surface area contributed by atoms with Crippen LogP contribution in [0.1, 0.15) is 30.6 Å². The van der Waals surface area contributed by atoms with E-state index >= 15 is 0 Å². The molecule has 1 aliphatic rings. The number of carbonyl (C=O) groups is 2. The van der Waals surface area contributed by atoms with Crippen molar-refractivity contribution in [3.8, 4) is 0 Å². The van der Waals surface area contributed by atoms with Crippen LogP contribution in [0.15, 0.2) is 18.3 Å². The summed E-state index contributed by atoms with van der Waals surface area (Å²) in [5.74, 6) is 0.867. The number of carbonyl (C=O) groups excluding carboxylic acids is 2. The summed E-state index contributed by atoms with van der Waals surface area (Å²) in [6.07, 6.45) is 2.60. The van der Waals surface area contributed by atoms with E-state index < -0.39 is 0 Å². The second-order valence-electron chi connectivity index (χ2n) is 4.78. The molecule has 1 aromatic rings. The summed E-state index contributed by atoms with van der Waals surface area (Å²) >= 11 is 0. The molecular formula is C14H19N3O2. The predicted molar refractivity (Wildman–Crippen MR) is 73.3 cm³/mol. The third kappa shape index (κ3) is 3.10. The minimum Gasteiger partial charge on any atom is -0.354 e. The van der Waals surface area contributed by atoms with Gasteiger partial charge in [-0.05, 0) is 25.5 Å². The maximum atomic E-state index is 11.6. The highest BCUT2D eigenvalue weighted by Gasteiger charge is 2.20. The van der Waals surface area contributed by atoms with Crippen LogP contribution in [-0.2, 0) is 4.79 Å². The van der Waals surface area contributed by atoms with Gasteiger partial charge >= 0.3 is 0 Å². The standard InChI is InChI=1S/C14H19N3O2/c1-11(18)13-5-3-6-15-14(13)17-8-4-7-16(9-10-17)12(2)19/h3,5-6H,4,7-10H2,1-2H3. The number of anilines is 1. The largest absolute Gasteiger partial charge is 0.354 e. The Bertz CT molecular complexity index is 487. The van der Waals surface area contributed by atoms with Crippen LogP contribution in [0, 0.1) is 0 Å². The van der Waals surface area contributed by atoms with Crippen LogP contribution in [0.5, 0.6) is 0 Å². The average molecular weight is 261 g/mol. The van der Waals surface area contributed by atoms with Crippen molar-refractivity contribution in [2.24, 2.45) is 0 Å². The van der Waals surface area contributed by atoms with E-state index in [0.29, 0.717) is 12.1 Å². The quantitative estimate of drug-likeness (QED) is 0.754. The zero-order chi connectivity index (χ0) is 13.8. The van der Waals surface area contributed by atoms with Crippen LogP contribution in [0.4, 0.5) is 5.82 Å². The number of aromatic nitrogens is 1. The molecule has 1 aliphatic heterocycles. The lowest BCUT2D eigenvalue weighted by Gasteiger charge is -2.23. The van der Waals surface area contributed by atoms with Gasteiger partial charge in [-0.1, -0.05) is 0 Å². The van der Waals surface area contributed by atoms with E-state index in [9.17, 15) is 9.59 Å². The van der Waals surface area contributed by atoms with E-state index in [2.05, 4.69) is 9.88 Å². The minimum absolute atomic E-state index is 0.0239. The highest BCUT2D eigenvalue weighted by atomic mass is 16.2. The molecule has 1 aromatic heterocycles. The Balaban J connectivity index is 2.19. The van der Waals surface area contributed by atoms with Gasteiger partial charge in [0, 0.05) is 39.3 Å². The molecule has 0 aromatic carbocycles. The fourth-order valence-electron chi connectivity index (χ4n) is 2.37. The molecule has 5 heteroatoms. The molecule has 0 unspecified atom stereocenters. The third-order valence-corrected chi connectivity index (χ3v) is 3.41. The first-order valence-electron chi connectivity index (χ1n) is 6.56. The molecule has 2 rings (SSSR count). The Labute approximate surface area is 113 Å². The lowest BCUT2D eigenvalue weighted by atomic mass is 10.1. The Morgan fingerprint density at radius 1 is 1.16 bits per heavy atom. The number of Topliss-reactive ketones (excluding diaryl/α,β-unsaturated/α-hetero) is 1. The molecule has 1 saturated heterocycles. The van der Waals surface area contributed by atoms with Crippen molar-refractivity contribution in [2.45, 2.75) is 20.3 Å². The number of pyridine rings is 1. The number of hydrogen-bond donors (Lipinski definition) is 0. The van der Waals surface area contributed by atoms with Crippen molar-refractivity contribution < 1.29 is 9.59 Å². The molecule has 0 saturated carbocycles. The van der Waals surface area contributed by atoms with E-state index in [-0.39, 0.29) is 11.7 Å². The second-order valence-corrected chi connectivity index (χ2v) is 4.78. The molecule has 0 spiro atoms. The number of hydrogen-bond acceptors (Lipinski definition) is 4. The molecule has 5 nitrogen and oxygen atoms in total. The van der Waals surface area contributed by atoms with Crippen LogP contribution < -0.4 is 4.90 Å². The van der Waals surface area contributed by atoms with Crippen LogP contribution in [0.25, 0.3) is 0 Å². The summed E-state index contributed by atoms with van der Waals surface area (Å²) in [6.45, 7) is 6.15. The molecule has 102 valence electrons. The van der Waals surface area contributed by atoms with Crippen molar-refractivity contribution >= 4 is 17.5 Å².